The summed E-state index contributed by atoms with van der Waals surface area (Å²) in [4.78, 5) is 2.01. The van der Waals surface area contributed by atoms with E-state index in [-0.39, 0.29) is 6.04 Å². The Morgan fingerprint density at radius 2 is 1.79 bits per heavy atom. The lowest BCUT2D eigenvalue weighted by Gasteiger charge is -2.20. The summed E-state index contributed by atoms with van der Waals surface area (Å²) in [5, 5.41) is 9.86. The van der Waals surface area contributed by atoms with Gasteiger partial charge in [-0.25, -0.2) is 0 Å². The first-order chi connectivity index (χ1) is 13.7. The van der Waals surface area contributed by atoms with E-state index in [1.807, 2.05) is 42.6 Å². The van der Waals surface area contributed by atoms with Gasteiger partial charge in [0.05, 0.1) is 11.6 Å². The van der Waals surface area contributed by atoms with Crippen LogP contribution < -0.4 is 0 Å². The Labute approximate surface area is 176 Å². The largest absolute Gasteiger partial charge is 0.416 e. The number of hydrogen-bond donors (Lipinski definition) is 0. The molecule has 2 aromatic carbocycles. The number of nitrogens with zero attached hydrogens (tertiary/aromatic N) is 4. The second kappa shape index (κ2) is 8.77. The van der Waals surface area contributed by atoms with Crippen LogP contribution in [0.25, 0.3) is 5.69 Å². The van der Waals surface area contributed by atoms with Crippen LogP contribution in [-0.2, 0) is 11.9 Å². The van der Waals surface area contributed by atoms with Crippen molar-refractivity contribution in [3.8, 4) is 5.69 Å². The lowest BCUT2D eigenvalue weighted by molar-refractivity contribution is -0.137. The van der Waals surface area contributed by atoms with Crippen molar-refractivity contribution >= 4 is 23.4 Å². The Morgan fingerprint density at radius 1 is 1.10 bits per heavy atom. The predicted octanol–water partition coefficient (Wildman–Crippen LogP) is 5.85. The SMILES string of the molecule is CC(c1nnc(SCc2cccc(C(F)(F)F)c2)n1-c1ccc(Cl)cc1)N(C)C. The van der Waals surface area contributed by atoms with E-state index in [0.717, 1.165) is 17.6 Å². The maximum absolute atomic E-state index is 13.0. The Hall–Kier alpha value is -2.03. The molecular formula is C20H20ClF3N4S. The van der Waals surface area contributed by atoms with Crippen LogP contribution in [0.4, 0.5) is 13.2 Å². The maximum Gasteiger partial charge on any atom is 0.416 e. The van der Waals surface area contributed by atoms with Gasteiger partial charge in [-0.2, -0.15) is 13.2 Å². The van der Waals surface area contributed by atoms with Crippen molar-refractivity contribution in [1.29, 1.82) is 0 Å². The molecule has 0 radical (unpaired) electrons. The molecule has 3 rings (SSSR count). The van der Waals surface area contributed by atoms with E-state index in [9.17, 15) is 13.2 Å². The second-order valence-electron chi connectivity index (χ2n) is 6.78. The van der Waals surface area contributed by atoms with Gasteiger partial charge in [0.15, 0.2) is 11.0 Å². The van der Waals surface area contributed by atoms with Crippen molar-refractivity contribution < 1.29 is 13.2 Å². The fourth-order valence-electron chi connectivity index (χ4n) is 2.69. The summed E-state index contributed by atoms with van der Waals surface area (Å²) in [6.45, 7) is 2.01. The zero-order valence-corrected chi connectivity index (χ0v) is 17.7. The molecule has 0 aliphatic heterocycles. The van der Waals surface area contributed by atoms with Crippen LogP contribution in [0.5, 0.6) is 0 Å². The highest BCUT2D eigenvalue weighted by Crippen LogP contribution is 2.32. The molecule has 154 valence electrons. The van der Waals surface area contributed by atoms with E-state index < -0.39 is 11.7 Å². The molecule has 3 aromatic rings. The molecule has 1 heterocycles. The summed E-state index contributed by atoms with van der Waals surface area (Å²) >= 11 is 7.35. The highest BCUT2D eigenvalue weighted by Gasteiger charge is 2.30. The van der Waals surface area contributed by atoms with Crippen LogP contribution in [0.1, 0.15) is 29.9 Å². The molecule has 9 heteroatoms. The normalized spacial score (nSPS) is 13.1. The number of alkyl halides is 3. The van der Waals surface area contributed by atoms with Crippen molar-refractivity contribution in [2.45, 2.75) is 30.1 Å². The minimum absolute atomic E-state index is 0.0129. The van der Waals surface area contributed by atoms with Gasteiger partial charge in [-0.3, -0.25) is 9.47 Å². The number of halogens is 4. The Balaban J connectivity index is 1.92. The highest BCUT2D eigenvalue weighted by molar-refractivity contribution is 7.98. The number of benzene rings is 2. The number of rotatable bonds is 6. The summed E-state index contributed by atoms with van der Waals surface area (Å²) in [5.74, 6) is 1.08. The van der Waals surface area contributed by atoms with Crippen LogP contribution >= 0.6 is 23.4 Å². The van der Waals surface area contributed by atoms with E-state index in [0.29, 0.717) is 21.5 Å². The molecule has 0 spiro atoms. The zero-order valence-electron chi connectivity index (χ0n) is 16.1. The Morgan fingerprint density at radius 3 is 2.41 bits per heavy atom. The molecule has 0 bridgehead atoms. The van der Waals surface area contributed by atoms with Gasteiger partial charge in [0, 0.05) is 16.5 Å². The fraction of sp³-hybridized carbons (Fsp3) is 0.300. The molecule has 0 amide bonds. The molecule has 4 nitrogen and oxygen atoms in total. The standard InChI is InChI=1S/C20H20ClF3N4S/c1-13(27(2)3)18-25-26-19(28(18)17-9-7-16(21)8-10-17)29-12-14-5-4-6-15(11-14)20(22,23)24/h4-11,13H,12H2,1-3H3. The molecular weight excluding hydrogens is 421 g/mol. The van der Waals surface area contributed by atoms with E-state index in [1.54, 1.807) is 18.2 Å². The third-order valence-corrected chi connectivity index (χ3v) is 5.77. The summed E-state index contributed by atoms with van der Waals surface area (Å²) in [6.07, 6.45) is -4.36. The summed E-state index contributed by atoms with van der Waals surface area (Å²) < 4.78 is 40.8. The van der Waals surface area contributed by atoms with Crippen LogP contribution in [-0.4, -0.2) is 33.8 Å². The van der Waals surface area contributed by atoms with E-state index in [1.165, 1.54) is 23.9 Å². The minimum atomic E-state index is -4.36. The molecule has 0 N–H and O–H groups in total. The number of hydrogen-bond acceptors (Lipinski definition) is 4. The molecule has 29 heavy (non-hydrogen) atoms. The topological polar surface area (TPSA) is 34.0 Å². The monoisotopic (exact) mass is 440 g/mol. The average molecular weight is 441 g/mol. The van der Waals surface area contributed by atoms with Crippen molar-refractivity contribution in [1.82, 2.24) is 19.7 Å². The predicted molar refractivity (Wildman–Crippen MR) is 109 cm³/mol. The zero-order chi connectivity index (χ0) is 21.2. The third-order valence-electron chi connectivity index (χ3n) is 4.51. The Bertz CT molecular complexity index is 971. The fourth-order valence-corrected chi connectivity index (χ4v) is 3.72. The van der Waals surface area contributed by atoms with Crippen molar-refractivity contribution in [3.63, 3.8) is 0 Å². The highest BCUT2D eigenvalue weighted by atomic mass is 35.5. The molecule has 0 saturated heterocycles. The van der Waals surface area contributed by atoms with Gasteiger partial charge in [0.2, 0.25) is 0 Å². The molecule has 1 aromatic heterocycles. The van der Waals surface area contributed by atoms with Gasteiger partial charge in [-0.15, -0.1) is 10.2 Å². The van der Waals surface area contributed by atoms with Crippen molar-refractivity contribution in [2.24, 2.45) is 0 Å². The number of aromatic nitrogens is 3. The van der Waals surface area contributed by atoms with Crippen molar-refractivity contribution in [2.75, 3.05) is 14.1 Å². The lowest BCUT2D eigenvalue weighted by atomic mass is 10.1. The minimum Gasteiger partial charge on any atom is -0.300 e. The van der Waals surface area contributed by atoms with Crippen molar-refractivity contribution in [3.05, 3.63) is 70.5 Å². The van der Waals surface area contributed by atoms with Crippen LogP contribution in [0.15, 0.2) is 53.7 Å². The molecule has 0 saturated carbocycles. The second-order valence-corrected chi connectivity index (χ2v) is 8.16. The quantitative estimate of drug-likeness (QED) is 0.450. The molecule has 0 aliphatic rings. The molecule has 1 unspecified atom stereocenters. The molecule has 1 atom stereocenters. The average Bonchev–Trinajstić information content (AvgIpc) is 3.09. The van der Waals surface area contributed by atoms with Gasteiger partial charge in [-0.1, -0.05) is 41.6 Å². The summed E-state index contributed by atoms with van der Waals surface area (Å²) in [5.41, 5.74) is 0.754. The van der Waals surface area contributed by atoms with Gasteiger partial charge < -0.3 is 0 Å². The van der Waals surface area contributed by atoms with E-state index in [2.05, 4.69) is 10.2 Å². The smallest absolute Gasteiger partial charge is 0.300 e. The van der Waals surface area contributed by atoms with Gasteiger partial charge >= 0.3 is 6.18 Å². The first-order valence-electron chi connectivity index (χ1n) is 8.83. The Kier molecular flexibility index (Phi) is 6.55. The van der Waals surface area contributed by atoms with Crippen LogP contribution in [0.2, 0.25) is 5.02 Å². The number of thioether (sulfide) groups is 1. The van der Waals surface area contributed by atoms with E-state index in [4.69, 9.17) is 11.6 Å². The summed E-state index contributed by atoms with van der Waals surface area (Å²) in [6, 6.07) is 12.6. The molecule has 0 aliphatic carbocycles. The maximum atomic E-state index is 13.0. The van der Waals surface area contributed by atoms with Crippen LogP contribution in [0.3, 0.4) is 0 Å². The first kappa shape index (κ1) is 21.7. The van der Waals surface area contributed by atoms with E-state index >= 15 is 0 Å². The molecule has 0 fully saturated rings. The van der Waals surface area contributed by atoms with Gasteiger partial charge in [0.25, 0.3) is 0 Å². The summed E-state index contributed by atoms with van der Waals surface area (Å²) in [7, 11) is 3.89. The van der Waals surface area contributed by atoms with Gasteiger partial charge in [0.1, 0.15) is 0 Å². The lowest BCUT2D eigenvalue weighted by Crippen LogP contribution is -2.20. The van der Waals surface area contributed by atoms with Crippen LogP contribution in [0, 0.1) is 0 Å². The third kappa shape index (κ3) is 5.12. The van der Waals surface area contributed by atoms with Gasteiger partial charge in [-0.05, 0) is 56.9 Å². The first-order valence-corrected chi connectivity index (χ1v) is 10.2.